The Morgan fingerprint density at radius 2 is 2.06 bits per heavy atom. The summed E-state index contributed by atoms with van der Waals surface area (Å²) in [4.78, 5) is 22.0. The zero-order chi connectivity index (χ0) is 24.2. The number of ether oxygens (including phenoxy) is 1. The maximum Gasteiger partial charge on any atom is 0.253 e. The predicted molar refractivity (Wildman–Crippen MR) is 133 cm³/mol. The highest BCUT2D eigenvalue weighted by atomic mass is 16.5. The second-order valence-corrected chi connectivity index (χ2v) is 8.53. The summed E-state index contributed by atoms with van der Waals surface area (Å²) in [6.45, 7) is 2.49. The molecular formula is C27H27N5O3. The van der Waals surface area contributed by atoms with Gasteiger partial charge in [0.15, 0.2) is 0 Å². The van der Waals surface area contributed by atoms with E-state index in [1.165, 1.54) is 5.56 Å². The molecule has 178 valence electrons. The maximum atomic E-state index is 12.9. The van der Waals surface area contributed by atoms with Crippen molar-refractivity contribution in [2.45, 2.75) is 25.8 Å². The Balaban J connectivity index is 1.33. The highest BCUT2D eigenvalue weighted by molar-refractivity contribution is 5.94. The molecule has 5 rings (SSSR count). The van der Waals surface area contributed by atoms with Gasteiger partial charge in [0.1, 0.15) is 11.6 Å². The highest BCUT2D eigenvalue weighted by Gasteiger charge is 2.17. The van der Waals surface area contributed by atoms with Crippen molar-refractivity contribution in [2.24, 2.45) is 0 Å². The first-order valence-corrected chi connectivity index (χ1v) is 11.6. The van der Waals surface area contributed by atoms with Crippen molar-refractivity contribution >= 4 is 17.5 Å². The molecule has 1 aliphatic rings. The Morgan fingerprint density at radius 1 is 1.20 bits per heavy atom. The van der Waals surface area contributed by atoms with Crippen LogP contribution < -0.4 is 15.4 Å². The molecule has 3 heterocycles. The van der Waals surface area contributed by atoms with E-state index in [-0.39, 0.29) is 12.5 Å². The van der Waals surface area contributed by atoms with Gasteiger partial charge in [0.25, 0.3) is 5.91 Å². The number of nitrogens with zero attached hydrogens (tertiary/aromatic N) is 3. The third kappa shape index (κ3) is 5.02. The molecule has 2 aromatic carbocycles. The van der Waals surface area contributed by atoms with Crippen LogP contribution in [0.1, 0.15) is 39.5 Å². The molecule has 1 aliphatic heterocycles. The van der Waals surface area contributed by atoms with Gasteiger partial charge >= 0.3 is 0 Å². The highest BCUT2D eigenvalue weighted by Crippen LogP contribution is 2.28. The van der Waals surface area contributed by atoms with Crippen LogP contribution in [0.2, 0.25) is 0 Å². The number of carbonyl (C=O) groups excluding carboxylic acids is 1. The van der Waals surface area contributed by atoms with Crippen LogP contribution >= 0.6 is 0 Å². The van der Waals surface area contributed by atoms with Crippen LogP contribution in [-0.2, 0) is 6.42 Å². The minimum absolute atomic E-state index is 0.189. The molecule has 3 N–H and O–H groups in total. The summed E-state index contributed by atoms with van der Waals surface area (Å²) in [5.74, 6) is 1.80. The van der Waals surface area contributed by atoms with Crippen LogP contribution in [0.15, 0.2) is 73.2 Å². The molecular weight excluding hydrogens is 442 g/mol. The number of amides is 1. The van der Waals surface area contributed by atoms with Crippen molar-refractivity contribution in [3.8, 4) is 11.6 Å². The van der Waals surface area contributed by atoms with Gasteiger partial charge in [-0.3, -0.25) is 4.79 Å². The van der Waals surface area contributed by atoms with Gasteiger partial charge in [-0.15, -0.1) is 0 Å². The SMILES string of the molecule is Cc1cnc(Nc2ccc3c(c2)CCCO3)nc1-n1ccc(C(=O)NC(CO)c2ccccc2)c1. The molecule has 8 nitrogen and oxygen atoms in total. The smallest absolute Gasteiger partial charge is 0.253 e. The second-order valence-electron chi connectivity index (χ2n) is 8.53. The number of aliphatic hydroxyl groups excluding tert-OH is 1. The summed E-state index contributed by atoms with van der Waals surface area (Å²) >= 11 is 0. The van der Waals surface area contributed by atoms with E-state index in [0.29, 0.717) is 17.3 Å². The summed E-state index contributed by atoms with van der Waals surface area (Å²) in [6.07, 6.45) is 7.27. The molecule has 0 fully saturated rings. The van der Waals surface area contributed by atoms with Gasteiger partial charge in [-0.1, -0.05) is 30.3 Å². The van der Waals surface area contributed by atoms with Gasteiger partial charge in [0.2, 0.25) is 5.95 Å². The lowest BCUT2D eigenvalue weighted by Gasteiger charge is -2.18. The number of aromatic nitrogens is 3. The van der Waals surface area contributed by atoms with E-state index in [0.717, 1.165) is 42.0 Å². The van der Waals surface area contributed by atoms with Gasteiger partial charge in [-0.05, 0) is 55.2 Å². The zero-order valence-electron chi connectivity index (χ0n) is 19.4. The lowest BCUT2D eigenvalue weighted by Crippen LogP contribution is -2.30. The van der Waals surface area contributed by atoms with E-state index in [2.05, 4.69) is 26.7 Å². The van der Waals surface area contributed by atoms with Gasteiger partial charge in [-0.2, -0.15) is 4.98 Å². The van der Waals surface area contributed by atoms with Crippen LogP contribution in [0.4, 0.5) is 11.6 Å². The van der Waals surface area contributed by atoms with Crippen molar-refractivity contribution in [2.75, 3.05) is 18.5 Å². The molecule has 4 aromatic rings. The summed E-state index contributed by atoms with van der Waals surface area (Å²) in [7, 11) is 0. The molecule has 8 heteroatoms. The topological polar surface area (TPSA) is 101 Å². The van der Waals surface area contributed by atoms with Crippen molar-refractivity contribution in [1.29, 1.82) is 0 Å². The van der Waals surface area contributed by atoms with Crippen LogP contribution in [0.5, 0.6) is 5.75 Å². The third-order valence-corrected chi connectivity index (χ3v) is 6.00. The van der Waals surface area contributed by atoms with Crippen molar-refractivity contribution in [3.63, 3.8) is 0 Å². The number of aliphatic hydroxyl groups is 1. The Morgan fingerprint density at radius 3 is 2.89 bits per heavy atom. The average molecular weight is 470 g/mol. The van der Waals surface area contributed by atoms with E-state index in [4.69, 9.17) is 4.74 Å². The van der Waals surface area contributed by atoms with Crippen molar-refractivity contribution in [3.05, 3.63) is 95.4 Å². The third-order valence-electron chi connectivity index (χ3n) is 6.00. The molecule has 0 spiro atoms. The monoisotopic (exact) mass is 469 g/mol. The minimum Gasteiger partial charge on any atom is -0.493 e. The molecule has 1 unspecified atom stereocenters. The molecule has 1 amide bonds. The summed E-state index contributed by atoms with van der Waals surface area (Å²) < 4.78 is 7.49. The van der Waals surface area contributed by atoms with Gasteiger partial charge in [-0.25, -0.2) is 4.98 Å². The normalized spacial score (nSPS) is 13.4. The lowest BCUT2D eigenvalue weighted by atomic mass is 10.1. The number of benzene rings is 2. The summed E-state index contributed by atoms with van der Waals surface area (Å²) in [5, 5.41) is 15.9. The largest absolute Gasteiger partial charge is 0.493 e. The number of aryl methyl sites for hydroxylation is 2. The Labute approximate surface area is 203 Å². The summed E-state index contributed by atoms with van der Waals surface area (Å²) in [6, 6.07) is 16.6. The number of anilines is 2. The van der Waals surface area contributed by atoms with E-state index in [1.54, 1.807) is 29.2 Å². The van der Waals surface area contributed by atoms with Crippen LogP contribution in [-0.4, -0.2) is 38.8 Å². The fourth-order valence-electron chi connectivity index (χ4n) is 4.15. The van der Waals surface area contributed by atoms with E-state index >= 15 is 0 Å². The van der Waals surface area contributed by atoms with E-state index < -0.39 is 6.04 Å². The second kappa shape index (κ2) is 9.99. The quantitative estimate of drug-likeness (QED) is 0.377. The molecule has 0 radical (unpaired) electrons. The van der Waals surface area contributed by atoms with Crippen LogP contribution in [0, 0.1) is 6.92 Å². The Bertz CT molecular complexity index is 1340. The Hall–Kier alpha value is -4.17. The van der Waals surface area contributed by atoms with Gasteiger partial charge in [0, 0.05) is 29.8 Å². The fourth-order valence-corrected chi connectivity index (χ4v) is 4.15. The fraction of sp³-hybridized carbons (Fsp3) is 0.222. The number of hydrogen-bond donors (Lipinski definition) is 3. The zero-order valence-corrected chi connectivity index (χ0v) is 19.4. The molecule has 0 bridgehead atoms. The predicted octanol–water partition coefficient (Wildman–Crippen LogP) is 4.11. The molecule has 0 aliphatic carbocycles. The van der Waals surface area contributed by atoms with E-state index in [1.807, 2.05) is 49.4 Å². The number of carbonyl (C=O) groups is 1. The standard InChI is InChI=1S/C27H27N5O3/c1-18-15-28-27(29-22-9-10-24-20(14-22)8-5-13-35-24)31-25(18)32-12-11-21(16-32)26(34)30-23(17-33)19-6-3-2-4-7-19/h2-4,6-7,9-12,14-16,23,33H,5,8,13,17H2,1H3,(H,30,34)(H,28,29,31). The number of hydrogen-bond acceptors (Lipinski definition) is 6. The Kier molecular flexibility index (Phi) is 6.45. The van der Waals surface area contributed by atoms with Crippen molar-refractivity contribution < 1.29 is 14.6 Å². The molecule has 35 heavy (non-hydrogen) atoms. The van der Waals surface area contributed by atoms with Gasteiger partial charge < -0.3 is 25.0 Å². The first kappa shape index (κ1) is 22.6. The lowest BCUT2D eigenvalue weighted by molar-refractivity contribution is 0.0916. The number of rotatable bonds is 7. The molecule has 2 aromatic heterocycles. The first-order valence-electron chi connectivity index (χ1n) is 11.6. The molecule has 0 saturated carbocycles. The minimum atomic E-state index is -0.481. The molecule has 0 saturated heterocycles. The first-order chi connectivity index (χ1) is 17.1. The van der Waals surface area contributed by atoms with Crippen LogP contribution in [0.3, 0.4) is 0 Å². The van der Waals surface area contributed by atoms with Gasteiger partial charge in [0.05, 0.1) is 24.8 Å². The number of fused-ring (bicyclic) bond motifs is 1. The average Bonchev–Trinajstić information content (AvgIpc) is 3.39. The van der Waals surface area contributed by atoms with E-state index in [9.17, 15) is 9.90 Å². The molecule has 1 atom stereocenters. The van der Waals surface area contributed by atoms with Crippen LogP contribution in [0.25, 0.3) is 5.82 Å². The summed E-state index contributed by atoms with van der Waals surface area (Å²) in [5.41, 5.74) is 4.26. The number of nitrogens with one attached hydrogen (secondary N) is 2. The maximum absolute atomic E-state index is 12.9. The van der Waals surface area contributed by atoms with Crippen molar-refractivity contribution in [1.82, 2.24) is 19.9 Å².